The maximum absolute atomic E-state index is 13.1. The first kappa shape index (κ1) is 16.7. The molecule has 0 atom stereocenters. The molecule has 3 nitrogen and oxygen atoms in total. The Morgan fingerprint density at radius 1 is 1.08 bits per heavy atom. The maximum atomic E-state index is 13.1. The van der Waals surface area contributed by atoms with E-state index in [1.807, 2.05) is 12.1 Å². The summed E-state index contributed by atoms with van der Waals surface area (Å²) in [5, 5.41) is -0.220. The molecule has 1 aliphatic carbocycles. The van der Waals surface area contributed by atoms with Crippen molar-refractivity contribution in [3.8, 4) is 0 Å². The number of para-hydroxylation sites is 1. The molecule has 0 bridgehead atoms. The molecule has 1 heterocycles. The van der Waals surface area contributed by atoms with Crippen LogP contribution in [0.5, 0.6) is 0 Å². The third-order valence-electron chi connectivity index (χ3n) is 4.87. The van der Waals surface area contributed by atoms with Crippen molar-refractivity contribution >= 4 is 27.3 Å². The van der Waals surface area contributed by atoms with E-state index < -0.39 is 26.7 Å². The largest absolute Gasteiger partial charge is 0.416 e. The molecule has 132 valence electrons. The average Bonchev–Trinajstić information content (AvgIpc) is 3.24. The van der Waals surface area contributed by atoms with Gasteiger partial charge in [-0.2, -0.15) is 13.2 Å². The molecule has 1 fully saturated rings. The van der Waals surface area contributed by atoms with E-state index in [4.69, 9.17) is 11.6 Å². The minimum absolute atomic E-state index is 0.211. The van der Waals surface area contributed by atoms with Crippen LogP contribution in [0, 0.1) is 0 Å². The molecule has 25 heavy (non-hydrogen) atoms. The summed E-state index contributed by atoms with van der Waals surface area (Å²) in [4.78, 5) is -0.517. The lowest BCUT2D eigenvalue weighted by molar-refractivity contribution is -0.137. The fraction of sp³-hybridized carbons (Fsp3) is 0.294. The van der Waals surface area contributed by atoms with Gasteiger partial charge < -0.3 is 0 Å². The third kappa shape index (κ3) is 2.52. The van der Waals surface area contributed by atoms with Gasteiger partial charge in [0.05, 0.1) is 16.3 Å². The van der Waals surface area contributed by atoms with Crippen molar-refractivity contribution in [2.24, 2.45) is 0 Å². The summed E-state index contributed by atoms with van der Waals surface area (Å²) in [5.74, 6) is 0. The summed E-state index contributed by atoms with van der Waals surface area (Å²) in [6.07, 6.45) is -2.91. The van der Waals surface area contributed by atoms with Gasteiger partial charge in [-0.25, -0.2) is 8.42 Å². The molecule has 0 N–H and O–H groups in total. The summed E-state index contributed by atoms with van der Waals surface area (Å²) in [7, 11) is -4.20. The second-order valence-electron chi connectivity index (χ2n) is 6.45. The molecular weight excluding hydrogens is 375 g/mol. The molecule has 8 heteroatoms. The van der Waals surface area contributed by atoms with E-state index in [9.17, 15) is 21.6 Å². The molecule has 1 aliphatic heterocycles. The minimum Gasteiger partial charge on any atom is -0.265 e. The molecule has 1 spiro atoms. The Hall–Kier alpha value is -1.73. The predicted molar refractivity (Wildman–Crippen MR) is 88.3 cm³/mol. The van der Waals surface area contributed by atoms with Crippen LogP contribution in [-0.4, -0.2) is 15.0 Å². The number of hydrogen-bond acceptors (Lipinski definition) is 2. The molecule has 2 aromatic carbocycles. The van der Waals surface area contributed by atoms with E-state index in [1.165, 1.54) is 4.31 Å². The van der Waals surface area contributed by atoms with Gasteiger partial charge >= 0.3 is 6.18 Å². The van der Waals surface area contributed by atoms with Crippen molar-refractivity contribution in [2.75, 3.05) is 10.8 Å². The normalized spacial score (nSPS) is 18.5. The highest BCUT2D eigenvalue weighted by atomic mass is 35.5. The van der Waals surface area contributed by atoms with Crippen molar-refractivity contribution < 1.29 is 21.6 Å². The first-order valence-electron chi connectivity index (χ1n) is 7.64. The Bertz CT molecular complexity index is 968. The molecule has 0 radical (unpaired) electrons. The van der Waals surface area contributed by atoms with Gasteiger partial charge in [0, 0.05) is 12.0 Å². The van der Waals surface area contributed by atoms with Crippen molar-refractivity contribution in [1.82, 2.24) is 0 Å². The Balaban J connectivity index is 1.84. The molecule has 0 unspecified atom stereocenters. The smallest absolute Gasteiger partial charge is 0.265 e. The van der Waals surface area contributed by atoms with Crippen LogP contribution in [0.3, 0.4) is 0 Å². The molecule has 0 saturated heterocycles. The number of halogens is 4. The summed E-state index contributed by atoms with van der Waals surface area (Å²) in [6, 6.07) is 9.49. The molecule has 1 saturated carbocycles. The number of alkyl halides is 3. The highest BCUT2D eigenvalue weighted by Crippen LogP contribution is 2.57. The van der Waals surface area contributed by atoms with E-state index in [0.717, 1.165) is 30.5 Å². The van der Waals surface area contributed by atoms with Crippen LogP contribution in [0.4, 0.5) is 18.9 Å². The second kappa shape index (κ2) is 5.14. The topological polar surface area (TPSA) is 37.4 Å². The van der Waals surface area contributed by atoms with Gasteiger partial charge in [0.1, 0.15) is 4.90 Å². The van der Waals surface area contributed by atoms with Crippen molar-refractivity contribution in [1.29, 1.82) is 0 Å². The highest BCUT2D eigenvalue weighted by Gasteiger charge is 2.54. The van der Waals surface area contributed by atoms with Crippen LogP contribution in [0.15, 0.2) is 47.4 Å². The van der Waals surface area contributed by atoms with Gasteiger partial charge in [-0.15, -0.1) is 0 Å². The van der Waals surface area contributed by atoms with E-state index in [1.54, 1.807) is 12.1 Å². The SMILES string of the molecule is O=S(=O)(c1cc(C(F)(F)F)ccc1Cl)N1CC2(CC2)c2ccccc21. The number of fused-ring (bicyclic) bond motifs is 2. The molecular formula is C17H13ClF3NO2S. The van der Waals surface area contributed by atoms with Crippen LogP contribution in [0.2, 0.25) is 5.02 Å². The fourth-order valence-electron chi connectivity index (χ4n) is 3.37. The Kier molecular flexibility index (Phi) is 3.44. The molecule has 0 aromatic heterocycles. The lowest BCUT2D eigenvalue weighted by Crippen LogP contribution is -2.32. The molecule has 2 aromatic rings. The zero-order valence-electron chi connectivity index (χ0n) is 12.8. The van der Waals surface area contributed by atoms with Gasteiger partial charge in [0.2, 0.25) is 0 Å². The van der Waals surface area contributed by atoms with Crippen molar-refractivity contribution in [3.05, 3.63) is 58.6 Å². The Morgan fingerprint density at radius 3 is 2.40 bits per heavy atom. The first-order valence-corrected chi connectivity index (χ1v) is 9.46. The van der Waals surface area contributed by atoms with Crippen LogP contribution in [-0.2, 0) is 21.6 Å². The quantitative estimate of drug-likeness (QED) is 0.755. The molecule has 0 amide bonds. The van der Waals surface area contributed by atoms with Gasteiger partial charge in [-0.1, -0.05) is 29.8 Å². The van der Waals surface area contributed by atoms with Gasteiger partial charge in [0.15, 0.2) is 0 Å². The van der Waals surface area contributed by atoms with Crippen LogP contribution < -0.4 is 4.31 Å². The van der Waals surface area contributed by atoms with Crippen LogP contribution in [0.1, 0.15) is 24.0 Å². The van der Waals surface area contributed by atoms with E-state index in [-0.39, 0.29) is 17.0 Å². The predicted octanol–water partition coefficient (Wildman–Crippen LogP) is 4.60. The van der Waals surface area contributed by atoms with E-state index in [0.29, 0.717) is 11.8 Å². The van der Waals surface area contributed by atoms with Crippen LogP contribution >= 0.6 is 11.6 Å². The van der Waals surface area contributed by atoms with Crippen molar-refractivity contribution in [2.45, 2.75) is 29.3 Å². The first-order chi connectivity index (χ1) is 11.7. The number of nitrogens with zero attached hydrogens (tertiary/aromatic N) is 1. The van der Waals surface area contributed by atoms with Gasteiger partial charge in [0.25, 0.3) is 10.0 Å². The number of sulfonamides is 1. The molecule has 4 rings (SSSR count). The summed E-state index contributed by atoms with van der Waals surface area (Å²) in [5.41, 5.74) is 0.205. The fourth-order valence-corrected chi connectivity index (χ4v) is 5.45. The zero-order chi connectivity index (χ0) is 18.0. The van der Waals surface area contributed by atoms with E-state index >= 15 is 0 Å². The third-order valence-corrected chi connectivity index (χ3v) is 7.11. The Labute approximate surface area is 148 Å². The number of benzene rings is 2. The summed E-state index contributed by atoms with van der Waals surface area (Å²) in [6.45, 7) is 0.237. The van der Waals surface area contributed by atoms with Crippen molar-refractivity contribution in [3.63, 3.8) is 0 Å². The average molecular weight is 388 g/mol. The van der Waals surface area contributed by atoms with Gasteiger partial charge in [-0.05, 0) is 42.7 Å². The summed E-state index contributed by atoms with van der Waals surface area (Å²) < 4.78 is 66.3. The lowest BCUT2D eigenvalue weighted by Gasteiger charge is -2.21. The monoisotopic (exact) mass is 387 g/mol. The maximum Gasteiger partial charge on any atom is 0.416 e. The number of anilines is 1. The second-order valence-corrected chi connectivity index (χ2v) is 8.69. The summed E-state index contributed by atoms with van der Waals surface area (Å²) >= 11 is 5.95. The lowest BCUT2D eigenvalue weighted by atomic mass is 9.99. The zero-order valence-corrected chi connectivity index (χ0v) is 14.4. The number of hydrogen-bond donors (Lipinski definition) is 0. The standard InChI is InChI=1S/C17H13ClF3NO2S/c18-13-6-5-11(17(19,20)21)9-15(13)25(23,24)22-10-16(7-8-16)12-3-1-2-4-14(12)22/h1-6,9H,7-8,10H2. The van der Waals surface area contributed by atoms with Gasteiger partial charge in [-0.3, -0.25) is 4.31 Å². The minimum atomic E-state index is -4.64. The number of rotatable bonds is 2. The van der Waals surface area contributed by atoms with E-state index in [2.05, 4.69) is 0 Å². The Morgan fingerprint density at radius 2 is 1.76 bits per heavy atom. The highest BCUT2D eigenvalue weighted by molar-refractivity contribution is 7.93. The molecule has 2 aliphatic rings. The van der Waals surface area contributed by atoms with Crippen LogP contribution in [0.25, 0.3) is 0 Å².